The highest BCUT2D eigenvalue weighted by Crippen LogP contribution is 2.35. The van der Waals surface area contributed by atoms with Gasteiger partial charge in [-0.25, -0.2) is 4.79 Å². The van der Waals surface area contributed by atoms with Crippen molar-refractivity contribution in [2.24, 2.45) is 5.92 Å². The van der Waals surface area contributed by atoms with Crippen LogP contribution in [0.25, 0.3) is 0 Å². The number of carbonyl (C=O) groups is 1. The molecule has 2 saturated heterocycles. The van der Waals surface area contributed by atoms with Crippen molar-refractivity contribution in [3.63, 3.8) is 0 Å². The Kier molecular flexibility index (Phi) is 3.32. The fourth-order valence-corrected chi connectivity index (χ4v) is 2.98. The molecule has 0 aromatic heterocycles. The number of fused-ring (bicyclic) bond motifs is 1. The highest BCUT2D eigenvalue weighted by molar-refractivity contribution is 5.69. The fraction of sp³-hybridized carbons (Fsp3) is 0.923. The quantitative estimate of drug-likeness (QED) is 0.678. The molecule has 0 saturated carbocycles. The van der Waals surface area contributed by atoms with Crippen molar-refractivity contribution in [1.82, 2.24) is 10.2 Å². The van der Waals surface area contributed by atoms with Crippen molar-refractivity contribution in [2.45, 2.75) is 51.4 Å². The standard InChI is InChI=1S/C13H24N2O3/c1-12(2,3)18-11(16)15-6-5-9-10(15)7-14-8-13(9,4)17/h9-10,14,17H,5-8H2,1-4H3. The summed E-state index contributed by atoms with van der Waals surface area (Å²) in [5.74, 6) is 0.145. The number of aliphatic hydroxyl groups is 1. The number of piperidine rings is 1. The Hall–Kier alpha value is -0.810. The molecule has 3 unspecified atom stereocenters. The van der Waals surface area contributed by atoms with E-state index in [2.05, 4.69) is 5.32 Å². The normalized spacial score (nSPS) is 36.4. The Morgan fingerprint density at radius 1 is 1.50 bits per heavy atom. The maximum Gasteiger partial charge on any atom is 0.410 e. The van der Waals surface area contributed by atoms with Gasteiger partial charge in [-0.1, -0.05) is 0 Å². The topological polar surface area (TPSA) is 61.8 Å². The third kappa shape index (κ3) is 2.62. The van der Waals surface area contributed by atoms with Gasteiger partial charge in [0.15, 0.2) is 0 Å². The lowest BCUT2D eigenvalue weighted by Crippen LogP contribution is -2.59. The van der Waals surface area contributed by atoms with Gasteiger partial charge in [-0.15, -0.1) is 0 Å². The number of hydrogen-bond donors (Lipinski definition) is 2. The van der Waals surface area contributed by atoms with Gasteiger partial charge in [0.2, 0.25) is 0 Å². The number of amides is 1. The highest BCUT2D eigenvalue weighted by Gasteiger charge is 2.49. The van der Waals surface area contributed by atoms with Crippen LogP contribution in [-0.4, -0.2) is 53.0 Å². The predicted molar refractivity (Wildman–Crippen MR) is 68.3 cm³/mol. The van der Waals surface area contributed by atoms with Crippen LogP contribution < -0.4 is 5.32 Å². The van der Waals surface area contributed by atoms with Crippen LogP contribution in [0.3, 0.4) is 0 Å². The Morgan fingerprint density at radius 2 is 2.17 bits per heavy atom. The number of ether oxygens (including phenoxy) is 1. The van der Waals surface area contributed by atoms with Gasteiger partial charge < -0.3 is 20.1 Å². The number of β-amino-alcohol motifs (C(OH)–C–C–N with tert-alkyl or cyclic N) is 1. The minimum Gasteiger partial charge on any atom is -0.444 e. The smallest absolute Gasteiger partial charge is 0.410 e. The molecule has 5 nitrogen and oxygen atoms in total. The first-order chi connectivity index (χ1) is 8.21. The molecule has 0 aromatic carbocycles. The molecule has 2 N–H and O–H groups in total. The summed E-state index contributed by atoms with van der Waals surface area (Å²) >= 11 is 0. The molecule has 18 heavy (non-hydrogen) atoms. The Labute approximate surface area is 108 Å². The van der Waals surface area contributed by atoms with Gasteiger partial charge in [-0.05, 0) is 34.1 Å². The van der Waals surface area contributed by atoms with Gasteiger partial charge in [-0.2, -0.15) is 0 Å². The number of carbonyl (C=O) groups excluding carboxylic acids is 1. The van der Waals surface area contributed by atoms with Crippen molar-refractivity contribution in [3.8, 4) is 0 Å². The summed E-state index contributed by atoms with van der Waals surface area (Å²) in [4.78, 5) is 13.9. The van der Waals surface area contributed by atoms with Crippen molar-refractivity contribution < 1.29 is 14.6 Å². The number of nitrogens with one attached hydrogen (secondary N) is 1. The summed E-state index contributed by atoms with van der Waals surface area (Å²) in [6.45, 7) is 9.45. The van der Waals surface area contributed by atoms with Crippen LogP contribution in [0.2, 0.25) is 0 Å². The van der Waals surface area contributed by atoms with Gasteiger partial charge >= 0.3 is 6.09 Å². The van der Waals surface area contributed by atoms with E-state index in [9.17, 15) is 9.90 Å². The second-order valence-corrected chi connectivity index (χ2v) is 6.62. The molecule has 2 fully saturated rings. The van der Waals surface area contributed by atoms with Gasteiger partial charge in [0.25, 0.3) is 0 Å². The zero-order chi connectivity index (χ0) is 13.6. The molecule has 3 atom stereocenters. The molecule has 0 radical (unpaired) electrons. The molecule has 0 aromatic rings. The largest absolute Gasteiger partial charge is 0.444 e. The van der Waals surface area contributed by atoms with Crippen LogP contribution >= 0.6 is 0 Å². The monoisotopic (exact) mass is 256 g/mol. The number of rotatable bonds is 0. The second kappa shape index (κ2) is 4.38. The molecule has 104 valence electrons. The summed E-state index contributed by atoms with van der Waals surface area (Å²) in [5.41, 5.74) is -1.21. The predicted octanol–water partition coefficient (Wildman–Crippen LogP) is 0.966. The highest BCUT2D eigenvalue weighted by atomic mass is 16.6. The number of likely N-dealkylation sites (tertiary alicyclic amines) is 1. The number of hydrogen-bond acceptors (Lipinski definition) is 4. The van der Waals surface area contributed by atoms with E-state index in [1.54, 1.807) is 4.90 Å². The van der Waals surface area contributed by atoms with E-state index in [0.29, 0.717) is 13.1 Å². The van der Waals surface area contributed by atoms with E-state index in [-0.39, 0.29) is 18.1 Å². The molecule has 2 aliphatic rings. The third-order valence-electron chi connectivity index (χ3n) is 3.81. The summed E-state index contributed by atoms with van der Waals surface area (Å²) in [6, 6.07) is 0.0450. The third-order valence-corrected chi connectivity index (χ3v) is 3.81. The molecular weight excluding hydrogens is 232 g/mol. The molecule has 2 rings (SSSR count). The maximum atomic E-state index is 12.1. The number of nitrogens with zero attached hydrogens (tertiary/aromatic N) is 1. The average Bonchev–Trinajstić information content (AvgIpc) is 2.59. The molecule has 5 heteroatoms. The van der Waals surface area contributed by atoms with Crippen molar-refractivity contribution in [3.05, 3.63) is 0 Å². The lowest BCUT2D eigenvalue weighted by molar-refractivity contribution is -0.0387. The van der Waals surface area contributed by atoms with Gasteiger partial charge in [0, 0.05) is 25.6 Å². The summed E-state index contributed by atoms with van der Waals surface area (Å²) < 4.78 is 5.42. The first-order valence-electron chi connectivity index (χ1n) is 6.63. The van der Waals surface area contributed by atoms with Crippen LogP contribution in [0.15, 0.2) is 0 Å². The molecule has 1 amide bonds. The zero-order valence-electron chi connectivity index (χ0n) is 11.7. The van der Waals surface area contributed by atoms with E-state index >= 15 is 0 Å². The molecule has 0 spiro atoms. The van der Waals surface area contributed by atoms with E-state index < -0.39 is 11.2 Å². The van der Waals surface area contributed by atoms with Gasteiger partial charge in [0.1, 0.15) is 5.60 Å². The van der Waals surface area contributed by atoms with Crippen molar-refractivity contribution in [1.29, 1.82) is 0 Å². The molecular formula is C13H24N2O3. The SMILES string of the molecule is CC(C)(C)OC(=O)N1CCC2C1CNCC2(C)O. The minimum atomic E-state index is -0.736. The lowest BCUT2D eigenvalue weighted by Gasteiger charge is -2.41. The molecule has 2 heterocycles. The van der Waals surface area contributed by atoms with E-state index in [4.69, 9.17) is 4.74 Å². The Bertz CT molecular complexity index is 336. The van der Waals surface area contributed by atoms with E-state index in [1.165, 1.54) is 0 Å². The lowest BCUT2D eigenvalue weighted by atomic mass is 9.80. The Morgan fingerprint density at radius 3 is 2.78 bits per heavy atom. The van der Waals surface area contributed by atoms with Crippen LogP contribution in [0.1, 0.15) is 34.1 Å². The van der Waals surface area contributed by atoms with Gasteiger partial charge in [-0.3, -0.25) is 0 Å². The fourth-order valence-electron chi connectivity index (χ4n) is 2.98. The summed E-state index contributed by atoms with van der Waals surface area (Å²) in [6.07, 6.45) is 0.577. The van der Waals surface area contributed by atoms with Gasteiger partial charge in [0.05, 0.1) is 11.6 Å². The van der Waals surface area contributed by atoms with Crippen LogP contribution in [0, 0.1) is 5.92 Å². The van der Waals surface area contributed by atoms with Crippen molar-refractivity contribution >= 4 is 6.09 Å². The molecule has 0 aliphatic carbocycles. The van der Waals surface area contributed by atoms with E-state index in [1.807, 2.05) is 27.7 Å². The zero-order valence-corrected chi connectivity index (χ0v) is 11.7. The Balaban J connectivity index is 2.06. The second-order valence-electron chi connectivity index (χ2n) is 6.62. The molecule has 0 bridgehead atoms. The summed E-state index contributed by atoms with van der Waals surface area (Å²) in [5, 5.41) is 13.5. The van der Waals surface area contributed by atoms with Crippen LogP contribution in [-0.2, 0) is 4.74 Å². The summed E-state index contributed by atoms with van der Waals surface area (Å²) in [7, 11) is 0. The first-order valence-corrected chi connectivity index (χ1v) is 6.63. The first kappa shape index (κ1) is 13.6. The van der Waals surface area contributed by atoms with Crippen LogP contribution in [0.4, 0.5) is 4.79 Å². The van der Waals surface area contributed by atoms with Crippen molar-refractivity contribution in [2.75, 3.05) is 19.6 Å². The minimum absolute atomic E-state index is 0.0450. The molecule has 2 aliphatic heterocycles. The van der Waals surface area contributed by atoms with E-state index in [0.717, 1.165) is 13.0 Å². The average molecular weight is 256 g/mol. The van der Waals surface area contributed by atoms with Crippen LogP contribution in [0.5, 0.6) is 0 Å². The maximum absolute atomic E-state index is 12.1.